The number of Topliss-reactive ketones (excluding diaryl/α,β-unsaturated/α-hetero) is 1. The van der Waals surface area contributed by atoms with Gasteiger partial charge >= 0.3 is 0 Å². The van der Waals surface area contributed by atoms with Gasteiger partial charge in [-0.25, -0.2) is 0 Å². The Morgan fingerprint density at radius 1 is 1.25 bits per heavy atom. The van der Waals surface area contributed by atoms with E-state index in [1.54, 1.807) is 40.9 Å². The lowest BCUT2D eigenvalue weighted by atomic mass is 10.1. The van der Waals surface area contributed by atoms with E-state index in [1.807, 2.05) is 0 Å². The third-order valence-corrected chi connectivity index (χ3v) is 6.43. The van der Waals surface area contributed by atoms with E-state index in [1.165, 1.54) is 18.9 Å². The Kier molecular flexibility index (Phi) is 7.14. The van der Waals surface area contributed by atoms with Gasteiger partial charge in [0.25, 0.3) is 5.91 Å². The van der Waals surface area contributed by atoms with Crippen LogP contribution in [0.1, 0.15) is 47.0 Å². The normalized spacial score (nSPS) is 16.8. The number of carbonyl (C=O) groups excluding carboxylic acids is 4. The zero-order valence-corrected chi connectivity index (χ0v) is 20.7. The number of hydrogen-bond donors (Lipinski definition) is 1. The van der Waals surface area contributed by atoms with E-state index >= 15 is 0 Å². The molecule has 1 unspecified atom stereocenters. The minimum Gasteiger partial charge on any atom is -0.493 e. The molecule has 2 aliphatic heterocycles. The number of rotatable bonds is 9. The van der Waals surface area contributed by atoms with E-state index in [4.69, 9.17) is 9.47 Å². The van der Waals surface area contributed by atoms with Gasteiger partial charge in [0.15, 0.2) is 17.3 Å². The maximum absolute atomic E-state index is 13.2. The van der Waals surface area contributed by atoms with Crippen molar-refractivity contribution in [2.75, 3.05) is 37.0 Å². The molecule has 1 saturated heterocycles. The molecular formula is C26H30N4O6. The van der Waals surface area contributed by atoms with Gasteiger partial charge in [-0.15, -0.1) is 0 Å². The number of aryl methyl sites for hydroxylation is 1. The van der Waals surface area contributed by atoms with Crippen molar-refractivity contribution in [2.45, 2.75) is 32.2 Å². The number of amides is 3. The number of carbonyl (C=O) groups is 4. The zero-order chi connectivity index (χ0) is 26.0. The summed E-state index contributed by atoms with van der Waals surface area (Å²) in [6.07, 6.45) is 3.69. The lowest BCUT2D eigenvalue weighted by molar-refractivity contribution is -0.116. The number of anilines is 2. The molecule has 0 bridgehead atoms. The quantitative estimate of drug-likeness (QED) is 0.248. The van der Waals surface area contributed by atoms with Crippen LogP contribution in [-0.2, 0) is 16.6 Å². The molecule has 1 fully saturated rings. The maximum Gasteiger partial charge on any atom is 0.256 e. The number of fused-ring (bicyclic) bond motifs is 2. The minimum absolute atomic E-state index is 0.0817. The molecule has 2 aromatic rings. The molecule has 1 aromatic carbocycles. The third kappa shape index (κ3) is 4.98. The van der Waals surface area contributed by atoms with E-state index in [9.17, 15) is 19.2 Å². The lowest BCUT2D eigenvalue weighted by Crippen LogP contribution is -2.39. The van der Waals surface area contributed by atoms with Gasteiger partial charge in [0.05, 0.1) is 42.4 Å². The van der Waals surface area contributed by atoms with E-state index < -0.39 is 0 Å². The van der Waals surface area contributed by atoms with Crippen LogP contribution in [0.25, 0.3) is 0 Å². The fourth-order valence-electron chi connectivity index (χ4n) is 4.71. The van der Waals surface area contributed by atoms with Gasteiger partial charge in [-0.05, 0) is 25.0 Å². The minimum atomic E-state index is -0.201. The molecule has 0 saturated carbocycles. The number of benzene rings is 1. The second-order valence-electron chi connectivity index (χ2n) is 9.10. The molecule has 10 nitrogen and oxygen atoms in total. The van der Waals surface area contributed by atoms with Crippen molar-refractivity contribution in [1.29, 1.82) is 0 Å². The number of methoxy groups -OCH3 is 1. The molecule has 2 aliphatic rings. The van der Waals surface area contributed by atoms with Crippen LogP contribution in [0.3, 0.4) is 0 Å². The van der Waals surface area contributed by atoms with Gasteiger partial charge in [-0.2, -0.15) is 0 Å². The van der Waals surface area contributed by atoms with Gasteiger partial charge in [-0.1, -0.05) is 12.2 Å². The highest BCUT2D eigenvalue weighted by Crippen LogP contribution is 2.39. The topological polar surface area (TPSA) is 110 Å². The van der Waals surface area contributed by atoms with Crippen molar-refractivity contribution >= 4 is 35.4 Å². The van der Waals surface area contributed by atoms with Crippen molar-refractivity contribution in [2.24, 2.45) is 7.05 Å². The van der Waals surface area contributed by atoms with Gasteiger partial charge < -0.3 is 29.2 Å². The van der Waals surface area contributed by atoms with E-state index in [0.29, 0.717) is 60.1 Å². The highest BCUT2D eigenvalue weighted by molar-refractivity contribution is 6.04. The third-order valence-electron chi connectivity index (χ3n) is 6.43. The number of ether oxygens (including phenoxy) is 2. The van der Waals surface area contributed by atoms with Crippen LogP contribution >= 0.6 is 0 Å². The van der Waals surface area contributed by atoms with E-state index in [-0.39, 0.29) is 36.7 Å². The van der Waals surface area contributed by atoms with Gasteiger partial charge in [-0.3, -0.25) is 19.2 Å². The van der Waals surface area contributed by atoms with Crippen molar-refractivity contribution in [3.8, 4) is 11.5 Å². The molecular weight excluding hydrogens is 464 g/mol. The highest BCUT2D eigenvalue weighted by Gasteiger charge is 2.38. The monoisotopic (exact) mass is 494 g/mol. The Morgan fingerprint density at radius 3 is 2.69 bits per heavy atom. The number of nitrogens with zero attached hydrogens (tertiary/aromatic N) is 3. The van der Waals surface area contributed by atoms with Gasteiger partial charge in [0.2, 0.25) is 12.3 Å². The number of nitrogens with one attached hydrogen (secondary N) is 1. The van der Waals surface area contributed by atoms with Crippen molar-refractivity contribution in [1.82, 2.24) is 9.47 Å². The first kappa shape index (κ1) is 25.0. The van der Waals surface area contributed by atoms with Crippen molar-refractivity contribution < 1.29 is 28.7 Å². The summed E-state index contributed by atoms with van der Waals surface area (Å²) in [5, 5.41) is 2.78. The standard InChI is InChI=1S/C26H30N4O6/c1-16-8-19-14-29(15-31)22-11-24(23(35-4)10-20(22)26(34)30(19)12-16)36-7-5-6-25(33)27-18-9-21(17(2)32)28(3)13-18/h9-11,13,15,19H,1,5-8,12,14H2,2-4H3,(H,27,33). The SMILES string of the molecule is C=C1CC2CN(C=O)c3cc(OCCCC(=O)Nc4cc(C(C)=O)n(C)c4)c(OC)cc3C(=O)N2C1. The summed E-state index contributed by atoms with van der Waals surface area (Å²) < 4.78 is 13.0. The predicted octanol–water partition coefficient (Wildman–Crippen LogP) is 2.78. The Balaban J connectivity index is 1.42. The summed E-state index contributed by atoms with van der Waals surface area (Å²) in [5.74, 6) is 0.301. The fourth-order valence-corrected chi connectivity index (χ4v) is 4.71. The summed E-state index contributed by atoms with van der Waals surface area (Å²) in [7, 11) is 3.23. The largest absolute Gasteiger partial charge is 0.493 e. The number of ketones is 1. The molecule has 0 spiro atoms. The summed E-state index contributed by atoms with van der Waals surface area (Å²) in [6.45, 7) is 6.54. The molecule has 4 rings (SSSR count). The first-order valence-corrected chi connectivity index (χ1v) is 11.7. The first-order valence-electron chi connectivity index (χ1n) is 11.7. The average molecular weight is 495 g/mol. The number of hydrogen-bond acceptors (Lipinski definition) is 6. The van der Waals surface area contributed by atoms with Crippen molar-refractivity contribution in [3.63, 3.8) is 0 Å². The van der Waals surface area contributed by atoms with E-state index in [0.717, 1.165) is 12.0 Å². The molecule has 190 valence electrons. The zero-order valence-electron chi connectivity index (χ0n) is 20.7. The van der Waals surface area contributed by atoms with Crippen LogP contribution in [0.4, 0.5) is 11.4 Å². The molecule has 1 N–H and O–H groups in total. The Bertz CT molecular complexity index is 1230. The van der Waals surface area contributed by atoms with Crippen LogP contribution in [-0.4, -0.2) is 66.3 Å². The summed E-state index contributed by atoms with van der Waals surface area (Å²) >= 11 is 0. The predicted molar refractivity (Wildman–Crippen MR) is 134 cm³/mol. The van der Waals surface area contributed by atoms with E-state index in [2.05, 4.69) is 11.9 Å². The van der Waals surface area contributed by atoms with Crippen LogP contribution in [0.15, 0.2) is 36.5 Å². The smallest absolute Gasteiger partial charge is 0.256 e. The van der Waals surface area contributed by atoms with Gasteiger partial charge in [0, 0.05) is 45.7 Å². The molecule has 3 heterocycles. The molecule has 36 heavy (non-hydrogen) atoms. The Morgan fingerprint density at radius 2 is 2.03 bits per heavy atom. The number of aromatic nitrogens is 1. The van der Waals surface area contributed by atoms with Gasteiger partial charge in [0.1, 0.15) is 0 Å². The Hall–Kier alpha value is -4.08. The molecule has 0 radical (unpaired) electrons. The van der Waals surface area contributed by atoms with Crippen LogP contribution in [0.2, 0.25) is 0 Å². The molecule has 1 aromatic heterocycles. The Labute approximate surface area is 209 Å². The van der Waals surface area contributed by atoms with Crippen LogP contribution in [0.5, 0.6) is 11.5 Å². The second-order valence-corrected chi connectivity index (χ2v) is 9.10. The summed E-state index contributed by atoms with van der Waals surface area (Å²) in [6, 6.07) is 4.76. The average Bonchev–Trinajstić information content (AvgIpc) is 3.37. The summed E-state index contributed by atoms with van der Waals surface area (Å²) in [5.41, 5.74) is 2.87. The molecule has 3 amide bonds. The van der Waals surface area contributed by atoms with Crippen LogP contribution < -0.4 is 19.7 Å². The van der Waals surface area contributed by atoms with Crippen LogP contribution in [0, 0.1) is 0 Å². The second kappa shape index (κ2) is 10.3. The summed E-state index contributed by atoms with van der Waals surface area (Å²) in [4.78, 5) is 52.3. The highest BCUT2D eigenvalue weighted by atomic mass is 16.5. The maximum atomic E-state index is 13.2. The first-order chi connectivity index (χ1) is 17.2. The lowest BCUT2D eigenvalue weighted by Gasteiger charge is -2.23. The molecule has 10 heteroatoms. The molecule has 0 aliphatic carbocycles. The molecule has 1 atom stereocenters. The van der Waals surface area contributed by atoms with Crippen molar-refractivity contribution in [3.05, 3.63) is 47.8 Å². The fraction of sp³-hybridized carbons (Fsp3) is 0.385.